The molecule has 2 aromatic heterocycles. The van der Waals surface area contributed by atoms with E-state index in [0.717, 1.165) is 56.5 Å². The normalized spacial score (nSPS) is 17.2. The molecule has 9 nitrogen and oxygen atoms in total. The standard InChI is InChI=1S/C30H36N6O3S/c31-24-25(28(32)37)35-40-27(24)30(39)36(23-13-11-20(12-14-23)19-7-3-1-4-8-19)26(21-15-17-33-18-16-21)29(38)34-22-9-5-2-6-10-22/h11-19,22,26H,1-10,31H2,(H2,32,37)(H,34,38)/t26-/m1/s1. The van der Waals surface area contributed by atoms with Gasteiger partial charge in [-0.15, -0.1) is 0 Å². The zero-order chi connectivity index (χ0) is 28.1. The summed E-state index contributed by atoms with van der Waals surface area (Å²) in [7, 11) is 0. The van der Waals surface area contributed by atoms with Crippen LogP contribution in [0.2, 0.25) is 0 Å². The van der Waals surface area contributed by atoms with Gasteiger partial charge in [-0.25, -0.2) is 0 Å². The van der Waals surface area contributed by atoms with Crippen molar-refractivity contribution in [3.8, 4) is 0 Å². The van der Waals surface area contributed by atoms with E-state index < -0.39 is 17.9 Å². The molecule has 2 aliphatic rings. The highest BCUT2D eigenvalue weighted by molar-refractivity contribution is 7.09. The van der Waals surface area contributed by atoms with E-state index in [9.17, 15) is 14.4 Å². The lowest BCUT2D eigenvalue weighted by Gasteiger charge is -2.33. The van der Waals surface area contributed by atoms with E-state index in [-0.39, 0.29) is 28.2 Å². The lowest BCUT2D eigenvalue weighted by Crippen LogP contribution is -2.47. The summed E-state index contributed by atoms with van der Waals surface area (Å²) in [5.41, 5.74) is 13.8. The minimum Gasteiger partial charge on any atom is -0.395 e. The van der Waals surface area contributed by atoms with E-state index in [0.29, 0.717) is 17.2 Å². The zero-order valence-electron chi connectivity index (χ0n) is 22.6. The molecule has 0 unspecified atom stereocenters. The van der Waals surface area contributed by atoms with Gasteiger partial charge in [-0.05, 0) is 78.5 Å². The molecule has 1 atom stereocenters. The first-order valence-corrected chi connectivity index (χ1v) is 14.9. The van der Waals surface area contributed by atoms with Crippen LogP contribution in [0.5, 0.6) is 0 Å². The van der Waals surface area contributed by atoms with Gasteiger partial charge < -0.3 is 16.8 Å². The molecule has 3 amide bonds. The van der Waals surface area contributed by atoms with Crippen LogP contribution in [0.4, 0.5) is 11.4 Å². The van der Waals surface area contributed by atoms with Crippen LogP contribution in [0.25, 0.3) is 0 Å². The molecule has 0 spiro atoms. The number of nitrogens with zero attached hydrogens (tertiary/aromatic N) is 3. The fourth-order valence-corrected chi connectivity index (χ4v) is 6.70. The fourth-order valence-electron chi connectivity index (χ4n) is 5.96. The third-order valence-corrected chi connectivity index (χ3v) is 8.95. The van der Waals surface area contributed by atoms with Crippen LogP contribution in [0, 0.1) is 0 Å². The topological polar surface area (TPSA) is 144 Å². The van der Waals surface area contributed by atoms with E-state index >= 15 is 0 Å². The molecule has 10 heteroatoms. The number of pyridine rings is 1. The molecule has 0 radical (unpaired) electrons. The van der Waals surface area contributed by atoms with E-state index in [1.807, 2.05) is 12.1 Å². The first-order chi connectivity index (χ1) is 19.4. The lowest BCUT2D eigenvalue weighted by atomic mass is 9.84. The highest BCUT2D eigenvalue weighted by atomic mass is 32.1. The average Bonchev–Trinajstić information content (AvgIpc) is 3.38. The molecule has 1 aromatic carbocycles. The molecule has 2 saturated carbocycles. The Balaban J connectivity index is 1.57. The van der Waals surface area contributed by atoms with E-state index in [2.05, 4.69) is 26.8 Å². The van der Waals surface area contributed by atoms with Crippen LogP contribution in [-0.4, -0.2) is 33.1 Å². The quantitative estimate of drug-likeness (QED) is 0.349. The number of rotatable bonds is 8. The number of nitrogens with one attached hydrogen (secondary N) is 1. The number of aromatic nitrogens is 2. The van der Waals surface area contributed by atoms with E-state index in [4.69, 9.17) is 11.5 Å². The molecule has 2 heterocycles. The van der Waals surface area contributed by atoms with Gasteiger partial charge in [-0.3, -0.25) is 24.3 Å². The van der Waals surface area contributed by atoms with Gasteiger partial charge in [0.1, 0.15) is 10.9 Å². The Kier molecular flexibility index (Phi) is 8.74. The highest BCUT2D eigenvalue weighted by Gasteiger charge is 2.37. The van der Waals surface area contributed by atoms with Crippen LogP contribution in [-0.2, 0) is 4.79 Å². The van der Waals surface area contributed by atoms with Crippen molar-refractivity contribution in [1.29, 1.82) is 0 Å². The van der Waals surface area contributed by atoms with Crippen molar-refractivity contribution in [2.45, 2.75) is 82.2 Å². The lowest BCUT2D eigenvalue weighted by molar-refractivity contribution is -0.123. The van der Waals surface area contributed by atoms with Crippen LogP contribution < -0.4 is 21.7 Å². The number of carbonyl (C=O) groups is 3. The zero-order valence-corrected chi connectivity index (χ0v) is 23.4. The van der Waals surface area contributed by atoms with Crippen molar-refractivity contribution < 1.29 is 14.4 Å². The number of benzene rings is 1. The van der Waals surface area contributed by atoms with Gasteiger partial charge in [0.2, 0.25) is 5.91 Å². The maximum atomic E-state index is 14.3. The number of primary amides is 1. The number of anilines is 2. The summed E-state index contributed by atoms with van der Waals surface area (Å²) in [4.78, 5) is 45.8. The van der Waals surface area contributed by atoms with Gasteiger partial charge in [0.15, 0.2) is 5.69 Å². The molecule has 5 N–H and O–H groups in total. The second kappa shape index (κ2) is 12.6. The van der Waals surface area contributed by atoms with Crippen molar-refractivity contribution in [2.75, 3.05) is 10.6 Å². The first-order valence-electron chi connectivity index (χ1n) is 14.1. The summed E-state index contributed by atoms with van der Waals surface area (Å²) in [5, 5.41) is 3.20. The SMILES string of the molecule is NC(=O)c1nsc(C(=O)N(c2ccc(C3CCCCC3)cc2)[C@@H](C(=O)NC2CCCCC2)c2ccncc2)c1N. The largest absolute Gasteiger partial charge is 0.395 e. The fraction of sp³-hybridized carbons (Fsp3) is 0.433. The van der Waals surface area contributed by atoms with Crippen molar-refractivity contribution in [3.05, 3.63) is 70.5 Å². The Morgan fingerprint density at radius 3 is 2.12 bits per heavy atom. The summed E-state index contributed by atoms with van der Waals surface area (Å²) in [6.45, 7) is 0. The number of amides is 3. The van der Waals surface area contributed by atoms with Crippen LogP contribution >= 0.6 is 11.5 Å². The molecule has 40 heavy (non-hydrogen) atoms. The third-order valence-electron chi connectivity index (χ3n) is 8.10. The Labute approximate surface area is 238 Å². The highest BCUT2D eigenvalue weighted by Crippen LogP contribution is 2.37. The molecular formula is C30H36N6O3S. The summed E-state index contributed by atoms with van der Waals surface area (Å²) in [5.74, 6) is -1.11. The molecule has 5 rings (SSSR count). The van der Waals surface area contributed by atoms with Gasteiger partial charge in [0.05, 0.1) is 5.69 Å². The van der Waals surface area contributed by atoms with E-state index in [1.165, 1.54) is 29.7 Å². The van der Waals surface area contributed by atoms with Crippen LogP contribution in [0.1, 0.15) is 107 Å². The number of hydrogen-bond donors (Lipinski definition) is 3. The van der Waals surface area contributed by atoms with Gasteiger partial charge in [-0.1, -0.05) is 50.7 Å². The van der Waals surface area contributed by atoms with Gasteiger partial charge in [-0.2, -0.15) is 4.37 Å². The predicted molar refractivity (Wildman–Crippen MR) is 156 cm³/mol. The van der Waals surface area contributed by atoms with Crippen molar-refractivity contribution in [2.24, 2.45) is 5.73 Å². The molecule has 0 saturated heterocycles. The maximum Gasteiger partial charge on any atom is 0.273 e. The summed E-state index contributed by atoms with van der Waals surface area (Å²) in [6.07, 6.45) is 14.3. The van der Waals surface area contributed by atoms with Crippen LogP contribution in [0.15, 0.2) is 48.8 Å². The predicted octanol–water partition coefficient (Wildman–Crippen LogP) is 5.10. The van der Waals surface area contributed by atoms with Crippen molar-refractivity contribution >= 4 is 40.6 Å². The minimum absolute atomic E-state index is 0.0474. The molecular weight excluding hydrogens is 524 g/mol. The Bertz CT molecular complexity index is 1330. The first kappa shape index (κ1) is 27.8. The third kappa shape index (κ3) is 6.01. The number of carbonyl (C=O) groups excluding carboxylic acids is 3. The molecule has 2 aliphatic carbocycles. The van der Waals surface area contributed by atoms with Gasteiger partial charge in [0.25, 0.3) is 11.8 Å². The number of hydrogen-bond acceptors (Lipinski definition) is 7. The van der Waals surface area contributed by atoms with Gasteiger partial charge in [0, 0.05) is 24.1 Å². The Hall–Kier alpha value is -3.79. The average molecular weight is 561 g/mol. The number of nitrogens with two attached hydrogens (primary N) is 2. The van der Waals surface area contributed by atoms with Gasteiger partial charge >= 0.3 is 0 Å². The molecule has 0 aliphatic heterocycles. The maximum absolute atomic E-state index is 14.3. The molecule has 2 fully saturated rings. The summed E-state index contributed by atoms with van der Waals surface area (Å²) < 4.78 is 4.04. The van der Waals surface area contributed by atoms with Crippen molar-refractivity contribution in [1.82, 2.24) is 14.7 Å². The minimum atomic E-state index is -0.989. The van der Waals surface area contributed by atoms with Crippen molar-refractivity contribution in [3.63, 3.8) is 0 Å². The number of nitrogen functional groups attached to an aromatic ring is 1. The molecule has 210 valence electrons. The smallest absolute Gasteiger partial charge is 0.273 e. The molecule has 0 bridgehead atoms. The summed E-state index contributed by atoms with van der Waals surface area (Å²) >= 11 is 0.810. The van der Waals surface area contributed by atoms with E-state index in [1.54, 1.807) is 24.5 Å². The second-order valence-electron chi connectivity index (χ2n) is 10.8. The van der Waals surface area contributed by atoms with Crippen LogP contribution in [0.3, 0.4) is 0 Å². The summed E-state index contributed by atoms with van der Waals surface area (Å²) in [6, 6.07) is 10.5. The Morgan fingerprint density at radius 1 is 0.900 bits per heavy atom. The second-order valence-corrected chi connectivity index (χ2v) is 11.5. The molecule has 3 aromatic rings. The Morgan fingerprint density at radius 2 is 1.52 bits per heavy atom. The monoisotopic (exact) mass is 560 g/mol.